The van der Waals surface area contributed by atoms with Crippen molar-refractivity contribution in [2.45, 2.75) is 63.1 Å². The summed E-state index contributed by atoms with van der Waals surface area (Å²) < 4.78 is 0. The van der Waals surface area contributed by atoms with Gasteiger partial charge in [0.25, 0.3) is 0 Å². The molecule has 0 aliphatic heterocycles. The van der Waals surface area contributed by atoms with Gasteiger partial charge in [-0.2, -0.15) is 0 Å². The SMILES string of the molecule is CC1CCCC(N)C1(N)C(N)CCCCN. The maximum atomic E-state index is 6.49. The summed E-state index contributed by atoms with van der Waals surface area (Å²) in [5, 5.41) is 0. The molecule has 4 unspecified atom stereocenters. The Labute approximate surface area is 99.1 Å². The highest BCUT2D eigenvalue weighted by Gasteiger charge is 2.44. The van der Waals surface area contributed by atoms with Crippen LogP contribution in [-0.2, 0) is 0 Å². The first-order valence-corrected chi connectivity index (χ1v) is 6.53. The smallest absolute Gasteiger partial charge is 0.0486 e. The van der Waals surface area contributed by atoms with Gasteiger partial charge in [-0.1, -0.05) is 19.8 Å². The Morgan fingerprint density at radius 1 is 1.31 bits per heavy atom. The Hall–Kier alpha value is -0.160. The monoisotopic (exact) mass is 228 g/mol. The Morgan fingerprint density at radius 2 is 2.00 bits per heavy atom. The first-order valence-electron chi connectivity index (χ1n) is 6.53. The number of nitrogens with two attached hydrogens (primary N) is 4. The minimum Gasteiger partial charge on any atom is -0.330 e. The number of rotatable bonds is 5. The highest BCUT2D eigenvalue weighted by molar-refractivity contribution is 5.07. The first-order chi connectivity index (χ1) is 7.53. The van der Waals surface area contributed by atoms with Crippen LogP contribution >= 0.6 is 0 Å². The van der Waals surface area contributed by atoms with Crippen molar-refractivity contribution in [3.8, 4) is 0 Å². The van der Waals surface area contributed by atoms with Crippen molar-refractivity contribution in [2.75, 3.05) is 6.54 Å². The molecule has 0 bridgehead atoms. The molecule has 1 aliphatic carbocycles. The maximum Gasteiger partial charge on any atom is 0.0486 e. The topological polar surface area (TPSA) is 104 Å². The fourth-order valence-electron chi connectivity index (χ4n) is 2.91. The van der Waals surface area contributed by atoms with E-state index in [1.165, 1.54) is 6.42 Å². The molecule has 1 fully saturated rings. The first kappa shape index (κ1) is 13.9. The van der Waals surface area contributed by atoms with E-state index in [9.17, 15) is 0 Å². The molecule has 0 spiro atoms. The standard InChI is InChI=1S/C12H28N4/c1-9-5-4-7-11(15)12(9,16)10(14)6-2-3-8-13/h9-11H,2-8,13-16H2,1H3. The van der Waals surface area contributed by atoms with E-state index in [-0.39, 0.29) is 17.6 Å². The minimum absolute atomic E-state index is 0.00403. The van der Waals surface area contributed by atoms with Crippen molar-refractivity contribution < 1.29 is 0 Å². The van der Waals surface area contributed by atoms with E-state index in [2.05, 4.69) is 6.92 Å². The van der Waals surface area contributed by atoms with E-state index in [0.717, 1.165) is 38.6 Å². The van der Waals surface area contributed by atoms with Crippen molar-refractivity contribution in [3.05, 3.63) is 0 Å². The van der Waals surface area contributed by atoms with Gasteiger partial charge in [-0.3, -0.25) is 0 Å². The maximum absolute atomic E-state index is 6.49. The summed E-state index contributed by atoms with van der Waals surface area (Å²) in [6.07, 6.45) is 6.34. The quantitative estimate of drug-likeness (QED) is 0.508. The molecule has 0 heterocycles. The van der Waals surface area contributed by atoms with Gasteiger partial charge < -0.3 is 22.9 Å². The van der Waals surface area contributed by atoms with E-state index in [0.29, 0.717) is 5.92 Å². The molecule has 0 aromatic carbocycles. The minimum atomic E-state index is -0.382. The van der Waals surface area contributed by atoms with E-state index >= 15 is 0 Å². The van der Waals surface area contributed by atoms with Crippen LogP contribution < -0.4 is 22.9 Å². The molecule has 0 aromatic heterocycles. The van der Waals surface area contributed by atoms with Crippen LogP contribution in [-0.4, -0.2) is 24.2 Å². The zero-order valence-electron chi connectivity index (χ0n) is 10.5. The van der Waals surface area contributed by atoms with Gasteiger partial charge in [0.15, 0.2) is 0 Å². The zero-order valence-corrected chi connectivity index (χ0v) is 10.5. The Balaban J connectivity index is 2.57. The van der Waals surface area contributed by atoms with Crippen molar-refractivity contribution in [3.63, 3.8) is 0 Å². The second kappa shape index (κ2) is 5.96. The summed E-state index contributed by atoms with van der Waals surface area (Å²) in [5.41, 5.74) is 24.0. The van der Waals surface area contributed by atoms with Gasteiger partial charge >= 0.3 is 0 Å². The molecular weight excluding hydrogens is 200 g/mol. The molecule has 0 radical (unpaired) electrons. The Kier molecular flexibility index (Phi) is 5.18. The summed E-state index contributed by atoms with van der Waals surface area (Å²) in [7, 11) is 0. The van der Waals surface area contributed by atoms with Crippen LogP contribution in [0.3, 0.4) is 0 Å². The van der Waals surface area contributed by atoms with Gasteiger partial charge in [-0.05, 0) is 38.1 Å². The van der Waals surface area contributed by atoms with E-state index in [1.807, 2.05) is 0 Å². The lowest BCUT2D eigenvalue weighted by Crippen LogP contribution is -2.70. The lowest BCUT2D eigenvalue weighted by atomic mass is 9.66. The van der Waals surface area contributed by atoms with Crippen LogP contribution in [0.2, 0.25) is 0 Å². The molecule has 1 aliphatic rings. The van der Waals surface area contributed by atoms with Crippen LogP contribution in [0.25, 0.3) is 0 Å². The number of hydrogen-bond acceptors (Lipinski definition) is 4. The molecule has 4 atom stereocenters. The largest absolute Gasteiger partial charge is 0.330 e. The van der Waals surface area contributed by atoms with Crippen LogP contribution in [0.4, 0.5) is 0 Å². The lowest BCUT2D eigenvalue weighted by molar-refractivity contribution is 0.135. The molecule has 4 heteroatoms. The van der Waals surface area contributed by atoms with Crippen molar-refractivity contribution >= 4 is 0 Å². The molecule has 0 aromatic rings. The van der Waals surface area contributed by atoms with Gasteiger partial charge in [0.2, 0.25) is 0 Å². The van der Waals surface area contributed by atoms with Crippen molar-refractivity contribution in [1.82, 2.24) is 0 Å². The Bertz CT molecular complexity index is 197. The lowest BCUT2D eigenvalue weighted by Gasteiger charge is -2.48. The van der Waals surface area contributed by atoms with Gasteiger partial charge in [0.1, 0.15) is 0 Å². The molecule has 1 saturated carbocycles. The van der Waals surface area contributed by atoms with Crippen LogP contribution in [0.1, 0.15) is 45.4 Å². The third kappa shape index (κ3) is 2.74. The molecule has 96 valence electrons. The summed E-state index contributed by atoms with van der Waals surface area (Å²) in [6.45, 7) is 2.91. The Morgan fingerprint density at radius 3 is 2.56 bits per heavy atom. The molecule has 0 amide bonds. The normalized spacial score (nSPS) is 37.3. The second-order valence-electron chi connectivity index (χ2n) is 5.33. The molecule has 0 saturated heterocycles. The van der Waals surface area contributed by atoms with Gasteiger partial charge in [-0.25, -0.2) is 0 Å². The third-order valence-corrected chi connectivity index (χ3v) is 4.26. The molecular formula is C12H28N4. The predicted molar refractivity (Wildman–Crippen MR) is 68.8 cm³/mol. The van der Waals surface area contributed by atoms with Crippen LogP contribution in [0, 0.1) is 5.92 Å². The number of hydrogen-bond donors (Lipinski definition) is 4. The second-order valence-corrected chi connectivity index (χ2v) is 5.33. The third-order valence-electron chi connectivity index (χ3n) is 4.26. The molecule has 8 N–H and O–H groups in total. The van der Waals surface area contributed by atoms with E-state index < -0.39 is 0 Å². The van der Waals surface area contributed by atoms with E-state index in [1.54, 1.807) is 0 Å². The fraction of sp³-hybridized carbons (Fsp3) is 1.00. The summed E-state index contributed by atoms with van der Waals surface area (Å²) in [6, 6.07) is 0.0495. The van der Waals surface area contributed by atoms with Crippen LogP contribution in [0.5, 0.6) is 0 Å². The van der Waals surface area contributed by atoms with E-state index in [4.69, 9.17) is 22.9 Å². The highest BCUT2D eigenvalue weighted by atomic mass is 14.9. The summed E-state index contributed by atoms with van der Waals surface area (Å²) in [4.78, 5) is 0. The molecule has 4 nitrogen and oxygen atoms in total. The zero-order chi connectivity index (χ0) is 12.2. The average Bonchev–Trinajstić information content (AvgIpc) is 2.26. The average molecular weight is 228 g/mol. The summed E-state index contributed by atoms with van der Waals surface area (Å²) in [5.74, 6) is 0.420. The number of unbranched alkanes of at least 4 members (excludes halogenated alkanes) is 1. The van der Waals surface area contributed by atoms with Crippen molar-refractivity contribution in [2.24, 2.45) is 28.9 Å². The predicted octanol–water partition coefficient (Wildman–Crippen LogP) is 0.288. The van der Waals surface area contributed by atoms with Gasteiger partial charge in [-0.15, -0.1) is 0 Å². The van der Waals surface area contributed by atoms with Crippen molar-refractivity contribution in [1.29, 1.82) is 0 Å². The summed E-state index contributed by atoms with van der Waals surface area (Å²) >= 11 is 0. The fourth-order valence-corrected chi connectivity index (χ4v) is 2.91. The molecule has 16 heavy (non-hydrogen) atoms. The van der Waals surface area contributed by atoms with Crippen LogP contribution in [0.15, 0.2) is 0 Å². The molecule has 1 rings (SSSR count). The van der Waals surface area contributed by atoms with Gasteiger partial charge in [0, 0.05) is 17.6 Å². The highest BCUT2D eigenvalue weighted by Crippen LogP contribution is 2.34. The van der Waals surface area contributed by atoms with Gasteiger partial charge in [0.05, 0.1) is 0 Å².